The van der Waals surface area contributed by atoms with Gasteiger partial charge in [-0.25, -0.2) is 0 Å². The van der Waals surface area contributed by atoms with Crippen LogP contribution in [0.3, 0.4) is 0 Å². The lowest BCUT2D eigenvalue weighted by Crippen LogP contribution is -2.35. The predicted molar refractivity (Wildman–Crippen MR) is 77.7 cm³/mol. The van der Waals surface area contributed by atoms with Gasteiger partial charge in [0.1, 0.15) is 0 Å². The fourth-order valence-corrected chi connectivity index (χ4v) is 2.78. The lowest BCUT2D eigenvalue weighted by molar-refractivity contribution is -0.118. The van der Waals surface area contributed by atoms with Gasteiger partial charge in [-0.1, -0.05) is 30.3 Å². The number of nitrogens with two attached hydrogens (primary N) is 1. The molecule has 0 radical (unpaired) electrons. The first-order chi connectivity index (χ1) is 9.24. The Bertz CT molecular complexity index is 383. The Labute approximate surface area is 115 Å². The average Bonchev–Trinajstić information content (AvgIpc) is 2.45. The average molecular weight is 260 g/mol. The summed E-state index contributed by atoms with van der Waals surface area (Å²) in [7, 11) is 0. The lowest BCUT2D eigenvalue weighted by atomic mass is 9.92. The van der Waals surface area contributed by atoms with Crippen LogP contribution in [0, 0.1) is 5.92 Å². The Morgan fingerprint density at radius 2 is 1.89 bits per heavy atom. The molecule has 0 spiro atoms. The molecular formula is C16H24N2O. The van der Waals surface area contributed by atoms with Crippen molar-refractivity contribution in [1.82, 2.24) is 4.90 Å². The molecule has 0 unspecified atom stereocenters. The van der Waals surface area contributed by atoms with E-state index in [9.17, 15) is 4.79 Å². The summed E-state index contributed by atoms with van der Waals surface area (Å²) in [6, 6.07) is 10.7. The second-order valence-corrected chi connectivity index (χ2v) is 5.53. The summed E-state index contributed by atoms with van der Waals surface area (Å²) in [6.07, 6.45) is 5.08. The van der Waals surface area contributed by atoms with E-state index in [1.54, 1.807) is 0 Å². The van der Waals surface area contributed by atoms with Gasteiger partial charge in [-0.05, 0) is 50.3 Å². The smallest absolute Gasteiger partial charge is 0.217 e. The molecule has 1 amide bonds. The number of hydrogen-bond acceptors (Lipinski definition) is 2. The van der Waals surface area contributed by atoms with Crippen LogP contribution in [0.4, 0.5) is 0 Å². The third kappa shape index (κ3) is 5.03. The minimum absolute atomic E-state index is 0.161. The van der Waals surface area contributed by atoms with Crippen molar-refractivity contribution in [3.05, 3.63) is 35.9 Å². The van der Waals surface area contributed by atoms with Crippen LogP contribution in [-0.2, 0) is 11.2 Å². The van der Waals surface area contributed by atoms with Crippen LogP contribution < -0.4 is 5.73 Å². The van der Waals surface area contributed by atoms with E-state index in [4.69, 9.17) is 5.73 Å². The molecule has 0 bridgehead atoms. The van der Waals surface area contributed by atoms with E-state index < -0.39 is 0 Å². The quantitative estimate of drug-likeness (QED) is 0.852. The van der Waals surface area contributed by atoms with Crippen LogP contribution in [0.1, 0.15) is 31.2 Å². The number of rotatable bonds is 6. The number of benzene rings is 1. The molecule has 1 aromatic rings. The summed E-state index contributed by atoms with van der Waals surface area (Å²) in [5, 5.41) is 0. The van der Waals surface area contributed by atoms with Gasteiger partial charge in [-0.15, -0.1) is 0 Å². The maximum atomic E-state index is 10.8. The molecule has 0 aromatic heterocycles. The standard InChI is InChI=1S/C16H24N2O/c17-16(19)7-6-15-9-12-18(13-10-15)11-8-14-4-2-1-3-5-14/h1-5,15H,6-13H2,(H2,17,19). The Balaban J connectivity index is 1.65. The van der Waals surface area contributed by atoms with Gasteiger partial charge in [-0.2, -0.15) is 0 Å². The van der Waals surface area contributed by atoms with Gasteiger partial charge < -0.3 is 10.6 Å². The van der Waals surface area contributed by atoms with Gasteiger partial charge >= 0.3 is 0 Å². The van der Waals surface area contributed by atoms with Crippen molar-refractivity contribution in [2.45, 2.75) is 32.1 Å². The third-order valence-electron chi connectivity index (χ3n) is 4.07. The lowest BCUT2D eigenvalue weighted by Gasteiger charge is -2.31. The topological polar surface area (TPSA) is 46.3 Å². The largest absolute Gasteiger partial charge is 0.370 e. The van der Waals surface area contributed by atoms with Crippen molar-refractivity contribution in [3.8, 4) is 0 Å². The first-order valence-electron chi connectivity index (χ1n) is 7.28. The summed E-state index contributed by atoms with van der Waals surface area (Å²) >= 11 is 0. The highest BCUT2D eigenvalue weighted by atomic mass is 16.1. The van der Waals surface area contributed by atoms with Crippen molar-refractivity contribution >= 4 is 5.91 Å². The van der Waals surface area contributed by atoms with E-state index in [2.05, 4.69) is 35.2 Å². The minimum Gasteiger partial charge on any atom is -0.370 e. The second-order valence-electron chi connectivity index (χ2n) is 5.53. The molecule has 3 nitrogen and oxygen atoms in total. The molecule has 1 aliphatic rings. The molecule has 1 fully saturated rings. The number of likely N-dealkylation sites (tertiary alicyclic amines) is 1. The Hall–Kier alpha value is -1.35. The molecule has 1 heterocycles. The monoisotopic (exact) mass is 260 g/mol. The van der Waals surface area contributed by atoms with Crippen LogP contribution in [0.15, 0.2) is 30.3 Å². The van der Waals surface area contributed by atoms with Gasteiger partial charge in [-0.3, -0.25) is 4.79 Å². The molecule has 1 saturated heterocycles. The first kappa shape index (κ1) is 14.1. The highest BCUT2D eigenvalue weighted by Gasteiger charge is 2.19. The summed E-state index contributed by atoms with van der Waals surface area (Å²) in [6.45, 7) is 3.47. The van der Waals surface area contributed by atoms with Gasteiger partial charge in [0.15, 0.2) is 0 Å². The third-order valence-corrected chi connectivity index (χ3v) is 4.07. The van der Waals surface area contributed by atoms with Crippen LogP contribution in [0.2, 0.25) is 0 Å². The fraction of sp³-hybridized carbons (Fsp3) is 0.562. The molecule has 2 rings (SSSR count). The molecule has 2 N–H and O–H groups in total. The second kappa shape index (κ2) is 7.29. The van der Waals surface area contributed by atoms with Gasteiger partial charge in [0.05, 0.1) is 0 Å². The number of primary amides is 1. The zero-order valence-corrected chi connectivity index (χ0v) is 11.6. The zero-order valence-electron chi connectivity index (χ0n) is 11.6. The summed E-state index contributed by atoms with van der Waals surface area (Å²) < 4.78 is 0. The van der Waals surface area contributed by atoms with Crippen molar-refractivity contribution in [3.63, 3.8) is 0 Å². The zero-order chi connectivity index (χ0) is 13.5. The predicted octanol–water partition coefficient (Wildman–Crippen LogP) is 2.21. The first-order valence-corrected chi connectivity index (χ1v) is 7.28. The van der Waals surface area contributed by atoms with Crippen molar-refractivity contribution in [2.24, 2.45) is 11.7 Å². The molecule has 1 aliphatic heterocycles. The number of carbonyl (C=O) groups excluding carboxylic acids is 1. The number of carbonyl (C=O) groups is 1. The minimum atomic E-state index is -0.161. The highest BCUT2D eigenvalue weighted by molar-refractivity contribution is 5.73. The van der Waals surface area contributed by atoms with Crippen molar-refractivity contribution < 1.29 is 4.79 Å². The molecule has 0 aliphatic carbocycles. The van der Waals surface area contributed by atoms with E-state index in [0.29, 0.717) is 12.3 Å². The van der Waals surface area contributed by atoms with Crippen molar-refractivity contribution in [1.29, 1.82) is 0 Å². The van der Waals surface area contributed by atoms with E-state index in [-0.39, 0.29) is 5.91 Å². The SMILES string of the molecule is NC(=O)CCC1CCN(CCc2ccccc2)CC1. The number of piperidine rings is 1. The molecular weight excluding hydrogens is 236 g/mol. The van der Waals surface area contributed by atoms with Crippen molar-refractivity contribution in [2.75, 3.05) is 19.6 Å². The molecule has 104 valence electrons. The summed E-state index contributed by atoms with van der Waals surface area (Å²) in [5.41, 5.74) is 6.61. The van der Waals surface area contributed by atoms with E-state index >= 15 is 0 Å². The molecule has 0 atom stereocenters. The Morgan fingerprint density at radius 1 is 1.21 bits per heavy atom. The Morgan fingerprint density at radius 3 is 2.53 bits per heavy atom. The molecule has 3 heteroatoms. The van der Waals surface area contributed by atoms with Crippen LogP contribution in [0.5, 0.6) is 0 Å². The van der Waals surface area contributed by atoms with E-state index in [1.807, 2.05) is 0 Å². The maximum absolute atomic E-state index is 10.8. The molecule has 1 aromatic carbocycles. The fourth-order valence-electron chi connectivity index (χ4n) is 2.78. The highest BCUT2D eigenvalue weighted by Crippen LogP contribution is 2.21. The van der Waals surface area contributed by atoms with E-state index in [0.717, 1.165) is 32.5 Å². The van der Waals surface area contributed by atoms with E-state index in [1.165, 1.54) is 18.4 Å². The van der Waals surface area contributed by atoms with Crippen LogP contribution in [0.25, 0.3) is 0 Å². The summed E-state index contributed by atoms with van der Waals surface area (Å²) in [5.74, 6) is 0.534. The van der Waals surface area contributed by atoms with Crippen LogP contribution >= 0.6 is 0 Å². The molecule has 19 heavy (non-hydrogen) atoms. The molecule has 0 saturated carbocycles. The van der Waals surface area contributed by atoms with Gasteiger partial charge in [0.2, 0.25) is 5.91 Å². The number of nitrogens with zero attached hydrogens (tertiary/aromatic N) is 1. The summed E-state index contributed by atoms with van der Waals surface area (Å²) in [4.78, 5) is 13.3. The maximum Gasteiger partial charge on any atom is 0.217 e. The number of hydrogen-bond donors (Lipinski definition) is 1. The van der Waals surface area contributed by atoms with Crippen LogP contribution in [-0.4, -0.2) is 30.4 Å². The normalized spacial score (nSPS) is 17.5. The van der Waals surface area contributed by atoms with Gasteiger partial charge in [0.25, 0.3) is 0 Å². The Kier molecular flexibility index (Phi) is 5.40. The number of amides is 1. The van der Waals surface area contributed by atoms with Gasteiger partial charge in [0, 0.05) is 13.0 Å².